The first-order valence-electron chi connectivity index (χ1n) is 7.98. The van der Waals surface area contributed by atoms with Crippen molar-refractivity contribution in [2.75, 3.05) is 13.1 Å². The Kier molecular flexibility index (Phi) is 4.86. The molecule has 1 aromatic heterocycles. The van der Waals surface area contributed by atoms with Crippen LogP contribution in [-0.2, 0) is 11.2 Å². The molecule has 0 spiro atoms. The van der Waals surface area contributed by atoms with E-state index in [4.69, 9.17) is 4.74 Å². The maximum Gasteiger partial charge on any atom is 0.316 e. The number of aromatic nitrogens is 2. The Hall–Kier alpha value is -2.43. The van der Waals surface area contributed by atoms with Gasteiger partial charge in [0.25, 0.3) is 0 Å². The number of hydrogen-bond donors (Lipinski definition) is 0. The van der Waals surface area contributed by atoms with Gasteiger partial charge in [0.05, 0.1) is 6.54 Å². The van der Waals surface area contributed by atoms with Gasteiger partial charge in [-0.15, -0.1) is 0 Å². The van der Waals surface area contributed by atoms with Gasteiger partial charge in [-0.3, -0.25) is 4.79 Å². The Morgan fingerprint density at radius 2 is 2.13 bits per heavy atom. The molecule has 0 saturated carbocycles. The van der Waals surface area contributed by atoms with Gasteiger partial charge >= 0.3 is 6.01 Å². The second-order valence-electron chi connectivity index (χ2n) is 5.89. The van der Waals surface area contributed by atoms with E-state index in [9.17, 15) is 4.79 Å². The third-order valence-corrected chi connectivity index (χ3v) is 4.02. The zero-order valence-electron chi connectivity index (χ0n) is 13.3. The molecule has 1 aliphatic rings. The van der Waals surface area contributed by atoms with Crippen molar-refractivity contribution >= 4 is 5.91 Å². The number of nitrogens with zero attached hydrogens (tertiary/aromatic N) is 3. The third kappa shape index (κ3) is 4.28. The van der Waals surface area contributed by atoms with Gasteiger partial charge in [-0.05, 0) is 25.0 Å². The summed E-state index contributed by atoms with van der Waals surface area (Å²) in [6, 6.07) is 10.4. The number of carbonyl (C=O) groups is 1. The van der Waals surface area contributed by atoms with Gasteiger partial charge in [0.15, 0.2) is 0 Å². The van der Waals surface area contributed by atoms with E-state index in [0.29, 0.717) is 19.0 Å². The van der Waals surface area contributed by atoms with Gasteiger partial charge in [-0.25, -0.2) is 9.97 Å². The Morgan fingerprint density at radius 1 is 1.30 bits per heavy atom. The van der Waals surface area contributed by atoms with E-state index < -0.39 is 0 Å². The molecule has 5 heteroatoms. The normalized spacial score (nSPS) is 17.3. The number of benzene rings is 1. The van der Waals surface area contributed by atoms with E-state index in [1.807, 2.05) is 11.0 Å². The molecule has 0 radical (unpaired) electrons. The molecule has 1 aromatic carbocycles. The zero-order chi connectivity index (χ0) is 16.1. The molecule has 1 fully saturated rings. The monoisotopic (exact) mass is 311 g/mol. The summed E-state index contributed by atoms with van der Waals surface area (Å²) in [6.45, 7) is 3.43. The van der Waals surface area contributed by atoms with E-state index in [2.05, 4.69) is 35.1 Å². The molecule has 3 rings (SSSR count). The SMILES string of the molecule is Cc1cccc(CCC(=O)N2CC[C@H](Oc3ncccn3)C2)c1. The minimum absolute atomic E-state index is 0.0136. The molecule has 23 heavy (non-hydrogen) atoms. The highest BCUT2D eigenvalue weighted by atomic mass is 16.5. The molecule has 5 nitrogen and oxygen atoms in total. The molecule has 1 amide bonds. The highest BCUT2D eigenvalue weighted by molar-refractivity contribution is 5.76. The Balaban J connectivity index is 1.47. The zero-order valence-corrected chi connectivity index (χ0v) is 13.3. The largest absolute Gasteiger partial charge is 0.458 e. The second kappa shape index (κ2) is 7.22. The number of hydrogen-bond acceptors (Lipinski definition) is 4. The lowest BCUT2D eigenvalue weighted by Crippen LogP contribution is -2.31. The lowest BCUT2D eigenvalue weighted by molar-refractivity contribution is -0.130. The molecule has 0 N–H and O–H groups in total. The van der Waals surface area contributed by atoms with E-state index >= 15 is 0 Å². The van der Waals surface area contributed by atoms with E-state index in [0.717, 1.165) is 19.4 Å². The topological polar surface area (TPSA) is 55.3 Å². The standard InChI is InChI=1S/C18H21N3O2/c1-14-4-2-5-15(12-14)6-7-17(22)21-11-8-16(13-21)23-18-19-9-3-10-20-18/h2-5,9-10,12,16H,6-8,11,13H2,1H3/t16-/m0/s1. The Morgan fingerprint density at radius 3 is 2.91 bits per heavy atom. The average Bonchev–Trinajstić information content (AvgIpc) is 3.02. The molecule has 120 valence electrons. The fraction of sp³-hybridized carbons (Fsp3) is 0.389. The van der Waals surface area contributed by atoms with Crippen molar-refractivity contribution in [3.63, 3.8) is 0 Å². The van der Waals surface area contributed by atoms with Crippen molar-refractivity contribution in [2.24, 2.45) is 0 Å². The van der Waals surface area contributed by atoms with Crippen LogP contribution in [0.15, 0.2) is 42.7 Å². The van der Waals surface area contributed by atoms with Crippen LogP contribution >= 0.6 is 0 Å². The molecular formula is C18H21N3O2. The summed E-state index contributed by atoms with van der Waals surface area (Å²) in [5, 5.41) is 0. The van der Waals surface area contributed by atoms with E-state index in [1.165, 1.54) is 11.1 Å². The van der Waals surface area contributed by atoms with E-state index in [-0.39, 0.29) is 12.0 Å². The van der Waals surface area contributed by atoms with Crippen LogP contribution in [0.1, 0.15) is 24.0 Å². The summed E-state index contributed by atoms with van der Waals surface area (Å²) in [4.78, 5) is 22.3. The molecule has 1 saturated heterocycles. The van der Waals surface area contributed by atoms with Crippen LogP contribution in [-0.4, -0.2) is 40.0 Å². The minimum Gasteiger partial charge on any atom is -0.458 e. The van der Waals surface area contributed by atoms with Crippen molar-refractivity contribution in [1.82, 2.24) is 14.9 Å². The molecular weight excluding hydrogens is 290 g/mol. The van der Waals surface area contributed by atoms with Crippen molar-refractivity contribution < 1.29 is 9.53 Å². The molecule has 2 heterocycles. The summed E-state index contributed by atoms with van der Waals surface area (Å²) < 4.78 is 5.72. The van der Waals surface area contributed by atoms with Crippen LogP contribution in [0.4, 0.5) is 0 Å². The lowest BCUT2D eigenvalue weighted by Gasteiger charge is -2.16. The highest BCUT2D eigenvalue weighted by Gasteiger charge is 2.27. The molecule has 0 unspecified atom stereocenters. The van der Waals surface area contributed by atoms with Crippen LogP contribution in [0.25, 0.3) is 0 Å². The lowest BCUT2D eigenvalue weighted by atomic mass is 10.1. The summed E-state index contributed by atoms with van der Waals surface area (Å²) in [7, 11) is 0. The van der Waals surface area contributed by atoms with Crippen molar-refractivity contribution in [3.8, 4) is 6.01 Å². The highest BCUT2D eigenvalue weighted by Crippen LogP contribution is 2.16. The second-order valence-corrected chi connectivity index (χ2v) is 5.89. The van der Waals surface area contributed by atoms with Crippen LogP contribution in [0.3, 0.4) is 0 Å². The van der Waals surface area contributed by atoms with Gasteiger partial charge in [0.2, 0.25) is 5.91 Å². The first-order chi connectivity index (χ1) is 11.2. The van der Waals surface area contributed by atoms with Gasteiger partial charge < -0.3 is 9.64 Å². The molecule has 0 bridgehead atoms. The van der Waals surface area contributed by atoms with Crippen LogP contribution in [0.2, 0.25) is 0 Å². The summed E-state index contributed by atoms with van der Waals surface area (Å²) in [5.74, 6) is 0.187. The van der Waals surface area contributed by atoms with Gasteiger partial charge in [-0.2, -0.15) is 0 Å². The quantitative estimate of drug-likeness (QED) is 0.851. The smallest absolute Gasteiger partial charge is 0.316 e. The third-order valence-electron chi connectivity index (χ3n) is 4.02. The number of aryl methyl sites for hydroxylation is 2. The maximum atomic E-state index is 12.3. The molecule has 0 aliphatic carbocycles. The fourth-order valence-electron chi connectivity index (χ4n) is 2.82. The van der Waals surface area contributed by atoms with Crippen molar-refractivity contribution in [1.29, 1.82) is 0 Å². The summed E-state index contributed by atoms with van der Waals surface area (Å²) >= 11 is 0. The number of likely N-dealkylation sites (tertiary alicyclic amines) is 1. The molecule has 1 aliphatic heterocycles. The number of carbonyl (C=O) groups excluding carboxylic acids is 1. The number of rotatable bonds is 5. The first-order valence-corrected chi connectivity index (χ1v) is 7.98. The Labute approximate surface area is 136 Å². The minimum atomic E-state index is -0.0136. The van der Waals surface area contributed by atoms with Crippen LogP contribution in [0, 0.1) is 6.92 Å². The predicted octanol–water partition coefficient (Wildman–Crippen LogP) is 2.40. The van der Waals surface area contributed by atoms with Gasteiger partial charge in [-0.1, -0.05) is 29.8 Å². The average molecular weight is 311 g/mol. The number of ether oxygens (including phenoxy) is 1. The molecule has 2 aromatic rings. The fourth-order valence-corrected chi connectivity index (χ4v) is 2.82. The van der Waals surface area contributed by atoms with E-state index in [1.54, 1.807) is 18.5 Å². The summed E-state index contributed by atoms with van der Waals surface area (Å²) in [5.41, 5.74) is 2.44. The summed E-state index contributed by atoms with van der Waals surface area (Å²) in [6.07, 6.45) is 5.45. The predicted molar refractivity (Wildman–Crippen MR) is 87.1 cm³/mol. The number of amides is 1. The van der Waals surface area contributed by atoms with Crippen molar-refractivity contribution in [2.45, 2.75) is 32.3 Å². The van der Waals surface area contributed by atoms with Gasteiger partial charge in [0.1, 0.15) is 6.10 Å². The Bertz CT molecular complexity index is 660. The van der Waals surface area contributed by atoms with Crippen LogP contribution in [0.5, 0.6) is 6.01 Å². The van der Waals surface area contributed by atoms with Crippen LogP contribution < -0.4 is 4.74 Å². The van der Waals surface area contributed by atoms with Gasteiger partial charge in [0, 0.05) is 31.8 Å². The maximum absolute atomic E-state index is 12.3. The first kappa shape index (κ1) is 15.5. The van der Waals surface area contributed by atoms with Crippen molar-refractivity contribution in [3.05, 3.63) is 53.9 Å². The molecule has 1 atom stereocenters.